The van der Waals surface area contributed by atoms with Crippen molar-refractivity contribution in [2.24, 2.45) is 5.41 Å². The van der Waals surface area contributed by atoms with Gasteiger partial charge >= 0.3 is 0 Å². The summed E-state index contributed by atoms with van der Waals surface area (Å²) < 4.78 is 15.8. The molecule has 2 aromatic carbocycles. The molecule has 10 heteroatoms. The van der Waals surface area contributed by atoms with Gasteiger partial charge in [0.25, 0.3) is 5.91 Å². The number of carbonyl (C=O) groups excluding carboxylic acids is 3. The Bertz CT molecular complexity index is 1070. The van der Waals surface area contributed by atoms with E-state index in [2.05, 4.69) is 27.9 Å². The molecule has 37 heavy (non-hydrogen) atoms. The molecule has 3 amide bonds. The zero-order valence-corrected chi connectivity index (χ0v) is 22.1. The van der Waals surface area contributed by atoms with E-state index in [4.69, 9.17) is 14.2 Å². The number of nitrogens with zero attached hydrogens (tertiary/aromatic N) is 2. The quantitative estimate of drug-likeness (QED) is 0.497. The number of nitrogens with one attached hydrogen (secondary N) is 2. The number of hydrazine groups is 1. The van der Waals surface area contributed by atoms with E-state index in [1.807, 2.05) is 36.9 Å². The minimum atomic E-state index is -0.588. The summed E-state index contributed by atoms with van der Waals surface area (Å²) in [6.07, 6.45) is 0.296. The Morgan fingerprint density at radius 1 is 0.838 bits per heavy atom. The number of hydrogen-bond donors (Lipinski definition) is 2. The number of para-hydroxylation sites is 1. The standard InChI is InChI=1S/C27H36N4O6/c1-27(2,18-24(33)31-13-11-30(12-14-31)20-9-7-6-8-10-20)17-23(32)28-29-26(34)19-15-21(35-3)25(37-5)22(16-19)36-4/h6-10,15-16H,11-14,17-18H2,1-5H3,(H,28,32)(H,29,34). The topological polar surface area (TPSA) is 109 Å². The molecule has 0 spiro atoms. The second-order valence-corrected chi connectivity index (χ2v) is 9.64. The molecular formula is C27H36N4O6. The lowest BCUT2D eigenvalue weighted by atomic mass is 9.84. The molecule has 200 valence electrons. The van der Waals surface area contributed by atoms with Crippen molar-refractivity contribution in [3.8, 4) is 17.2 Å². The van der Waals surface area contributed by atoms with Gasteiger partial charge in [-0.05, 0) is 29.7 Å². The van der Waals surface area contributed by atoms with E-state index in [9.17, 15) is 14.4 Å². The van der Waals surface area contributed by atoms with Crippen molar-refractivity contribution in [3.05, 3.63) is 48.0 Å². The van der Waals surface area contributed by atoms with Crippen LogP contribution >= 0.6 is 0 Å². The molecule has 1 aliphatic rings. The normalized spacial score (nSPS) is 13.5. The minimum absolute atomic E-state index is 0.0203. The van der Waals surface area contributed by atoms with Gasteiger partial charge in [0.05, 0.1) is 21.3 Å². The largest absolute Gasteiger partial charge is 0.493 e. The van der Waals surface area contributed by atoms with Gasteiger partial charge in [-0.3, -0.25) is 25.2 Å². The van der Waals surface area contributed by atoms with Crippen LogP contribution in [-0.2, 0) is 9.59 Å². The zero-order valence-electron chi connectivity index (χ0n) is 22.1. The summed E-state index contributed by atoms with van der Waals surface area (Å²) in [6, 6.07) is 13.1. The number of hydrogen-bond acceptors (Lipinski definition) is 7. The number of anilines is 1. The predicted molar refractivity (Wildman–Crippen MR) is 140 cm³/mol. The van der Waals surface area contributed by atoms with Crippen LogP contribution in [0.25, 0.3) is 0 Å². The summed E-state index contributed by atoms with van der Waals surface area (Å²) in [4.78, 5) is 42.2. The second-order valence-electron chi connectivity index (χ2n) is 9.64. The molecule has 0 aromatic heterocycles. The Hall–Kier alpha value is -3.95. The molecule has 1 aliphatic heterocycles. The number of benzene rings is 2. The molecule has 0 saturated carbocycles. The molecule has 0 unspecified atom stereocenters. The average Bonchev–Trinajstić information content (AvgIpc) is 2.90. The third-order valence-corrected chi connectivity index (χ3v) is 6.26. The van der Waals surface area contributed by atoms with Crippen molar-refractivity contribution < 1.29 is 28.6 Å². The molecule has 0 radical (unpaired) electrons. The Morgan fingerprint density at radius 2 is 1.43 bits per heavy atom. The molecule has 2 aromatic rings. The molecule has 0 bridgehead atoms. The number of piperazine rings is 1. The lowest BCUT2D eigenvalue weighted by Crippen LogP contribution is -2.50. The number of amides is 3. The smallest absolute Gasteiger partial charge is 0.269 e. The molecule has 0 aliphatic carbocycles. The van der Waals surface area contributed by atoms with Gasteiger partial charge in [0.15, 0.2) is 11.5 Å². The fourth-order valence-corrected chi connectivity index (χ4v) is 4.33. The van der Waals surface area contributed by atoms with Gasteiger partial charge in [0, 0.05) is 50.3 Å². The van der Waals surface area contributed by atoms with Crippen LogP contribution in [0.1, 0.15) is 37.0 Å². The van der Waals surface area contributed by atoms with E-state index in [1.165, 1.54) is 33.5 Å². The second kappa shape index (κ2) is 12.3. The first-order valence-electron chi connectivity index (χ1n) is 12.1. The van der Waals surface area contributed by atoms with Crippen molar-refractivity contribution in [2.45, 2.75) is 26.7 Å². The van der Waals surface area contributed by atoms with E-state index in [0.29, 0.717) is 30.3 Å². The molecule has 2 N–H and O–H groups in total. The number of carbonyl (C=O) groups is 3. The SMILES string of the molecule is COc1cc(C(=O)NNC(=O)CC(C)(C)CC(=O)N2CCN(c3ccccc3)CC2)cc(OC)c1OC. The van der Waals surface area contributed by atoms with Crippen LogP contribution < -0.4 is 30.0 Å². The number of ether oxygens (including phenoxy) is 3. The van der Waals surface area contributed by atoms with Crippen molar-refractivity contribution in [3.63, 3.8) is 0 Å². The summed E-state index contributed by atoms with van der Waals surface area (Å²) in [5.74, 6) is 0.0841. The maximum atomic E-state index is 12.9. The van der Waals surface area contributed by atoms with Gasteiger partial charge in [-0.25, -0.2) is 0 Å². The Balaban J connectivity index is 1.49. The fourth-order valence-electron chi connectivity index (χ4n) is 4.33. The van der Waals surface area contributed by atoms with Crippen molar-refractivity contribution in [2.75, 3.05) is 52.4 Å². The first-order valence-corrected chi connectivity index (χ1v) is 12.1. The molecular weight excluding hydrogens is 476 g/mol. The highest BCUT2D eigenvalue weighted by molar-refractivity contribution is 5.96. The van der Waals surface area contributed by atoms with Crippen LogP contribution in [0.3, 0.4) is 0 Å². The first kappa shape index (κ1) is 27.6. The van der Waals surface area contributed by atoms with E-state index in [1.54, 1.807) is 0 Å². The molecule has 3 rings (SSSR count). The highest BCUT2D eigenvalue weighted by Crippen LogP contribution is 2.38. The maximum Gasteiger partial charge on any atom is 0.269 e. The first-order chi connectivity index (χ1) is 17.7. The Labute approximate surface area is 217 Å². The number of methoxy groups -OCH3 is 3. The lowest BCUT2D eigenvalue weighted by Gasteiger charge is -2.37. The molecule has 1 saturated heterocycles. The van der Waals surface area contributed by atoms with Crippen LogP contribution in [0.15, 0.2) is 42.5 Å². The predicted octanol–water partition coefficient (Wildman–Crippen LogP) is 2.63. The third-order valence-electron chi connectivity index (χ3n) is 6.26. The Morgan fingerprint density at radius 3 is 1.97 bits per heavy atom. The van der Waals surface area contributed by atoms with Crippen LogP contribution in [0.4, 0.5) is 5.69 Å². The van der Waals surface area contributed by atoms with Crippen LogP contribution in [-0.4, -0.2) is 70.1 Å². The zero-order chi connectivity index (χ0) is 27.0. The molecule has 10 nitrogen and oxygen atoms in total. The van der Waals surface area contributed by atoms with Gasteiger partial charge in [-0.2, -0.15) is 0 Å². The van der Waals surface area contributed by atoms with Crippen LogP contribution in [0.2, 0.25) is 0 Å². The monoisotopic (exact) mass is 512 g/mol. The maximum absolute atomic E-state index is 12.9. The van der Waals surface area contributed by atoms with Crippen molar-refractivity contribution in [1.82, 2.24) is 15.8 Å². The molecule has 0 atom stereocenters. The fraction of sp³-hybridized carbons (Fsp3) is 0.444. The van der Waals surface area contributed by atoms with Gasteiger partial charge in [0.1, 0.15) is 0 Å². The highest BCUT2D eigenvalue weighted by Gasteiger charge is 2.30. The van der Waals surface area contributed by atoms with Crippen LogP contribution in [0.5, 0.6) is 17.2 Å². The van der Waals surface area contributed by atoms with E-state index in [-0.39, 0.29) is 24.3 Å². The van der Waals surface area contributed by atoms with Gasteiger partial charge < -0.3 is 24.0 Å². The number of rotatable bonds is 9. The molecule has 1 heterocycles. The average molecular weight is 513 g/mol. The summed E-state index contributed by atoms with van der Waals surface area (Å²) in [7, 11) is 4.37. The van der Waals surface area contributed by atoms with Gasteiger partial charge in [-0.15, -0.1) is 0 Å². The van der Waals surface area contributed by atoms with Gasteiger partial charge in [-0.1, -0.05) is 32.0 Å². The van der Waals surface area contributed by atoms with Crippen molar-refractivity contribution in [1.29, 1.82) is 0 Å². The van der Waals surface area contributed by atoms with Crippen molar-refractivity contribution >= 4 is 23.4 Å². The summed E-state index contributed by atoms with van der Waals surface area (Å²) in [5, 5.41) is 0. The van der Waals surface area contributed by atoms with Gasteiger partial charge in [0.2, 0.25) is 17.6 Å². The highest BCUT2D eigenvalue weighted by atomic mass is 16.5. The summed E-state index contributed by atoms with van der Waals surface area (Å²) >= 11 is 0. The van der Waals surface area contributed by atoms with E-state index >= 15 is 0 Å². The third kappa shape index (κ3) is 7.28. The summed E-state index contributed by atoms with van der Waals surface area (Å²) in [5.41, 5.74) is 5.63. The molecule has 1 fully saturated rings. The Kier molecular flexibility index (Phi) is 9.21. The van der Waals surface area contributed by atoms with Crippen LogP contribution in [0, 0.1) is 5.41 Å². The van der Waals surface area contributed by atoms with E-state index < -0.39 is 17.2 Å². The summed E-state index contributed by atoms with van der Waals surface area (Å²) in [6.45, 7) is 6.55. The van der Waals surface area contributed by atoms with E-state index in [0.717, 1.165) is 18.8 Å². The lowest BCUT2D eigenvalue weighted by molar-refractivity contribution is -0.134. The minimum Gasteiger partial charge on any atom is -0.493 e.